The summed E-state index contributed by atoms with van der Waals surface area (Å²) in [6.07, 6.45) is 1.28. The van der Waals surface area contributed by atoms with Gasteiger partial charge >= 0.3 is 0 Å². The van der Waals surface area contributed by atoms with Gasteiger partial charge in [-0.05, 0) is 18.5 Å². The monoisotopic (exact) mass is 217 g/mol. The van der Waals surface area contributed by atoms with E-state index in [1.165, 1.54) is 6.20 Å². The lowest BCUT2D eigenvalue weighted by Gasteiger charge is -2.13. The van der Waals surface area contributed by atoms with E-state index in [0.29, 0.717) is 12.3 Å². The molecule has 1 heterocycles. The van der Waals surface area contributed by atoms with Crippen molar-refractivity contribution >= 4 is 17.3 Å². The Bertz CT molecular complexity index is 309. The summed E-state index contributed by atoms with van der Waals surface area (Å²) in [5, 5.41) is 0.110. The van der Waals surface area contributed by atoms with Crippen molar-refractivity contribution in [1.29, 1.82) is 0 Å². The van der Waals surface area contributed by atoms with Crippen molar-refractivity contribution in [2.45, 2.75) is 13.0 Å². The Morgan fingerprint density at radius 2 is 2.36 bits per heavy atom. The molecule has 0 aliphatic heterocycles. The maximum atomic E-state index is 5.59. The van der Waals surface area contributed by atoms with E-state index in [9.17, 15) is 0 Å². The molecule has 0 amide bonds. The van der Waals surface area contributed by atoms with Crippen LogP contribution >= 0.6 is 11.6 Å². The van der Waals surface area contributed by atoms with Gasteiger partial charge in [0.25, 0.3) is 0 Å². The Kier molecular flexibility index (Phi) is 3.91. The molecule has 5 nitrogen and oxygen atoms in total. The number of aromatic nitrogens is 2. The number of nitrogens with zero attached hydrogens (tertiary/aromatic N) is 2. The number of halogens is 1. The number of rotatable bonds is 4. The molecule has 0 radical (unpaired) electrons. The molecule has 0 fully saturated rings. The quantitative estimate of drug-likeness (QED) is 0.766. The van der Waals surface area contributed by atoms with E-state index in [1.807, 2.05) is 6.92 Å². The highest BCUT2D eigenvalue weighted by Crippen LogP contribution is 2.19. The van der Waals surface area contributed by atoms with Crippen LogP contribution in [0.25, 0.3) is 0 Å². The van der Waals surface area contributed by atoms with Gasteiger partial charge in [0.1, 0.15) is 11.8 Å². The topological polar surface area (TPSA) is 70.3 Å². The second kappa shape index (κ2) is 4.97. The van der Waals surface area contributed by atoms with Gasteiger partial charge in [-0.1, -0.05) is 0 Å². The molecule has 78 valence electrons. The molecule has 1 aromatic heterocycles. The van der Waals surface area contributed by atoms with Crippen molar-refractivity contribution in [3.8, 4) is 5.88 Å². The number of methoxy groups -OCH3 is 1. The summed E-state index contributed by atoms with van der Waals surface area (Å²) in [4.78, 5) is 7.56. The third-order valence-corrected chi connectivity index (χ3v) is 1.65. The van der Waals surface area contributed by atoms with E-state index in [0.717, 1.165) is 0 Å². The lowest BCUT2D eigenvalue weighted by molar-refractivity contribution is 0.0894. The van der Waals surface area contributed by atoms with Crippen molar-refractivity contribution in [3.05, 3.63) is 11.5 Å². The Labute approximate surface area is 87.2 Å². The van der Waals surface area contributed by atoms with Gasteiger partial charge in [0.15, 0.2) is 0 Å². The zero-order valence-electron chi connectivity index (χ0n) is 8.03. The van der Waals surface area contributed by atoms with Crippen LogP contribution in [0.2, 0.25) is 5.28 Å². The first-order chi connectivity index (χ1) is 6.63. The number of anilines is 1. The molecule has 0 aliphatic rings. The summed E-state index contributed by atoms with van der Waals surface area (Å²) < 4.78 is 10.3. The minimum Gasteiger partial charge on any atom is -0.471 e. The van der Waals surface area contributed by atoms with Gasteiger partial charge in [0.05, 0.1) is 12.8 Å². The molecule has 0 spiro atoms. The summed E-state index contributed by atoms with van der Waals surface area (Å²) in [5.74, 6) is 0.287. The Morgan fingerprint density at radius 1 is 1.64 bits per heavy atom. The zero-order valence-corrected chi connectivity index (χ0v) is 8.78. The summed E-state index contributed by atoms with van der Waals surface area (Å²) in [6.45, 7) is 2.31. The van der Waals surface area contributed by atoms with Crippen LogP contribution in [-0.4, -0.2) is 29.8 Å². The van der Waals surface area contributed by atoms with Crippen molar-refractivity contribution in [2.75, 3.05) is 19.5 Å². The first-order valence-electron chi connectivity index (χ1n) is 4.07. The van der Waals surface area contributed by atoms with Crippen LogP contribution in [0.15, 0.2) is 6.20 Å². The van der Waals surface area contributed by atoms with Gasteiger partial charge in [0, 0.05) is 7.11 Å². The number of hydrogen-bond acceptors (Lipinski definition) is 5. The average molecular weight is 218 g/mol. The Morgan fingerprint density at radius 3 is 3.00 bits per heavy atom. The predicted octanol–water partition coefficient (Wildman–Crippen LogP) is 1.13. The van der Waals surface area contributed by atoms with Gasteiger partial charge in [0.2, 0.25) is 11.2 Å². The van der Waals surface area contributed by atoms with E-state index < -0.39 is 0 Å². The van der Waals surface area contributed by atoms with Crippen LogP contribution in [0, 0.1) is 0 Å². The molecule has 14 heavy (non-hydrogen) atoms. The molecule has 6 heteroatoms. The number of nitrogens with two attached hydrogens (primary N) is 1. The van der Waals surface area contributed by atoms with Gasteiger partial charge in [-0.3, -0.25) is 0 Å². The molecule has 1 atom stereocenters. The van der Waals surface area contributed by atoms with Crippen LogP contribution < -0.4 is 10.5 Å². The third kappa shape index (κ3) is 3.01. The first kappa shape index (κ1) is 11.0. The fraction of sp³-hybridized carbons (Fsp3) is 0.500. The first-order valence-corrected chi connectivity index (χ1v) is 4.45. The van der Waals surface area contributed by atoms with Crippen molar-refractivity contribution in [2.24, 2.45) is 0 Å². The van der Waals surface area contributed by atoms with E-state index in [2.05, 4.69) is 9.97 Å². The van der Waals surface area contributed by atoms with Gasteiger partial charge < -0.3 is 15.2 Å². The SMILES string of the molecule is COCC(C)Oc1nc(Cl)ncc1N. The summed E-state index contributed by atoms with van der Waals surface area (Å²) in [5.41, 5.74) is 5.94. The standard InChI is InChI=1S/C8H12ClN3O2/c1-5(4-13-2)14-7-6(10)3-11-8(9)12-7/h3,5H,4,10H2,1-2H3. The van der Waals surface area contributed by atoms with Crippen LogP contribution in [0.4, 0.5) is 5.69 Å². The van der Waals surface area contributed by atoms with E-state index in [1.54, 1.807) is 7.11 Å². The third-order valence-electron chi connectivity index (χ3n) is 1.47. The fourth-order valence-corrected chi connectivity index (χ4v) is 1.03. The largest absolute Gasteiger partial charge is 0.471 e. The van der Waals surface area contributed by atoms with E-state index in [4.69, 9.17) is 26.8 Å². The van der Waals surface area contributed by atoms with Crippen LogP contribution in [0.5, 0.6) is 5.88 Å². The highest BCUT2D eigenvalue weighted by molar-refractivity contribution is 6.28. The number of hydrogen-bond donors (Lipinski definition) is 1. The maximum Gasteiger partial charge on any atom is 0.241 e. The maximum absolute atomic E-state index is 5.59. The van der Waals surface area contributed by atoms with Crippen LogP contribution in [0.1, 0.15) is 6.92 Å². The fourth-order valence-electron chi connectivity index (χ4n) is 0.909. The van der Waals surface area contributed by atoms with E-state index in [-0.39, 0.29) is 17.3 Å². The lowest BCUT2D eigenvalue weighted by Crippen LogP contribution is -2.19. The van der Waals surface area contributed by atoms with Crippen molar-refractivity contribution in [1.82, 2.24) is 9.97 Å². The lowest BCUT2D eigenvalue weighted by atomic mass is 10.4. The second-order valence-corrected chi connectivity index (χ2v) is 3.12. The molecule has 0 aliphatic carbocycles. The van der Waals surface area contributed by atoms with Gasteiger partial charge in [-0.25, -0.2) is 4.98 Å². The minimum atomic E-state index is -0.131. The summed E-state index contributed by atoms with van der Waals surface area (Å²) >= 11 is 5.59. The molecular weight excluding hydrogens is 206 g/mol. The van der Waals surface area contributed by atoms with Crippen molar-refractivity contribution < 1.29 is 9.47 Å². The highest BCUT2D eigenvalue weighted by atomic mass is 35.5. The highest BCUT2D eigenvalue weighted by Gasteiger charge is 2.09. The second-order valence-electron chi connectivity index (χ2n) is 2.78. The molecule has 0 saturated carbocycles. The van der Waals surface area contributed by atoms with Gasteiger partial charge in [-0.2, -0.15) is 4.98 Å². The van der Waals surface area contributed by atoms with Crippen molar-refractivity contribution in [3.63, 3.8) is 0 Å². The number of ether oxygens (including phenoxy) is 2. The summed E-state index contributed by atoms with van der Waals surface area (Å²) in [7, 11) is 1.59. The molecule has 1 rings (SSSR count). The molecule has 1 aromatic rings. The molecule has 0 bridgehead atoms. The normalized spacial score (nSPS) is 12.5. The van der Waals surface area contributed by atoms with Gasteiger partial charge in [-0.15, -0.1) is 0 Å². The molecule has 0 saturated heterocycles. The van der Waals surface area contributed by atoms with Crippen LogP contribution in [0.3, 0.4) is 0 Å². The predicted molar refractivity (Wildman–Crippen MR) is 53.4 cm³/mol. The Balaban J connectivity index is 2.70. The number of nitrogen functional groups attached to an aromatic ring is 1. The zero-order chi connectivity index (χ0) is 10.6. The minimum absolute atomic E-state index is 0.110. The molecule has 2 N–H and O–H groups in total. The average Bonchev–Trinajstić information content (AvgIpc) is 2.12. The molecular formula is C8H12ClN3O2. The van der Waals surface area contributed by atoms with Crippen LogP contribution in [-0.2, 0) is 4.74 Å². The van der Waals surface area contributed by atoms with E-state index >= 15 is 0 Å². The molecule has 1 unspecified atom stereocenters. The Hall–Kier alpha value is -1.07. The molecule has 0 aromatic carbocycles. The smallest absolute Gasteiger partial charge is 0.241 e. The summed E-state index contributed by atoms with van der Waals surface area (Å²) in [6, 6.07) is 0.